The first-order valence-corrected chi connectivity index (χ1v) is 9.33. The molecule has 0 heterocycles. The van der Waals surface area contributed by atoms with Crippen LogP contribution in [0, 0.1) is 6.92 Å². The summed E-state index contributed by atoms with van der Waals surface area (Å²) in [7, 11) is -0.156. The van der Waals surface area contributed by atoms with Crippen molar-refractivity contribution in [1.82, 2.24) is 4.72 Å². The molecule has 0 atom stereocenters. The first-order chi connectivity index (χ1) is 11.4. The van der Waals surface area contributed by atoms with Crippen LogP contribution in [0.1, 0.15) is 16.7 Å². The van der Waals surface area contributed by atoms with E-state index in [0.29, 0.717) is 13.0 Å². The lowest BCUT2D eigenvalue weighted by Crippen LogP contribution is -2.27. The number of methoxy groups -OCH3 is 2. The van der Waals surface area contributed by atoms with Gasteiger partial charge in [-0.15, -0.1) is 0 Å². The summed E-state index contributed by atoms with van der Waals surface area (Å²) in [6.07, 6.45) is 0.522. The second-order valence-electron chi connectivity index (χ2n) is 5.52. The average Bonchev–Trinajstić information content (AvgIpc) is 2.56. The van der Waals surface area contributed by atoms with Crippen molar-refractivity contribution in [3.63, 3.8) is 0 Å². The van der Waals surface area contributed by atoms with Crippen LogP contribution >= 0.6 is 0 Å². The van der Waals surface area contributed by atoms with E-state index >= 15 is 0 Å². The van der Waals surface area contributed by atoms with Gasteiger partial charge in [0, 0.05) is 6.54 Å². The standard InChI is InChI=1S/C18H23NO4S/c1-14-11-18(23-3)16(12-17(14)22-2)9-10-19-24(20,21)13-15-7-5-4-6-8-15/h4-8,11-12,19H,9-10,13H2,1-3H3. The number of rotatable bonds is 8. The van der Waals surface area contributed by atoms with Gasteiger partial charge in [-0.25, -0.2) is 13.1 Å². The van der Waals surface area contributed by atoms with Crippen LogP contribution in [0.15, 0.2) is 42.5 Å². The molecule has 2 aromatic rings. The third-order valence-electron chi connectivity index (χ3n) is 3.71. The van der Waals surface area contributed by atoms with Crippen LogP contribution in [0.25, 0.3) is 0 Å². The number of ether oxygens (including phenoxy) is 2. The van der Waals surface area contributed by atoms with Gasteiger partial charge in [0.25, 0.3) is 0 Å². The van der Waals surface area contributed by atoms with Crippen molar-refractivity contribution in [2.75, 3.05) is 20.8 Å². The molecular formula is C18H23NO4S. The largest absolute Gasteiger partial charge is 0.496 e. The number of hydrogen-bond donors (Lipinski definition) is 1. The van der Waals surface area contributed by atoms with Crippen molar-refractivity contribution in [3.8, 4) is 11.5 Å². The fraction of sp³-hybridized carbons (Fsp3) is 0.333. The molecule has 24 heavy (non-hydrogen) atoms. The molecule has 0 aliphatic carbocycles. The molecule has 0 aromatic heterocycles. The van der Waals surface area contributed by atoms with Gasteiger partial charge in [-0.05, 0) is 42.2 Å². The summed E-state index contributed by atoms with van der Waals surface area (Å²) in [5, 5.41) is 0. The maximum absolute atomic E-state index is 12.2. The SMILES string of the molecule is COc1cc(CCNS(=O)(=O)Cc2ccccc2)c(OC)cc1C. The average molecular weight is 349 g/mol. The van der Waals surface area contributed by atoms with E-state index in [9.17, 15) is 8.42 Å². The molecule has 1 N–H and O–H groups in total. The minimum Gasteiger partial charge on any atom is -0.496 e. The van der Waals surface area contributed by atoms with Gasteiger partial charge < -0.3 is 9.47 Å². The molecule has 0 spiro atoms. The van der Waals surface area contributed by atoms with Gasteiger partial charge in [-0.3, -0.25) is 0 Å². The van der Waals surface area contributed by atoms with E-state index in [1.165, 1.54) is 0 Å². The van der Waals surface area contributed by atoms with Gasteiger partial charge in [-0.2, -0.15) is 0 Å². The Morgan fingerprint density at radius 1 is 1.00 bits per heavy atom. The molecule has 130 valence electrons. The van der Waals surface area contributed by atoms with Gasteiger partial charge in [0.15, 0.2) is 0 Å². The molecule has 0 amide bonds. The van der Waals surface area contributed by atoms with E-state index in [-0.39, 0.29) is 5.75 Å². The van der Waals surface area contributed by atoms with Crippen LogP contribution in [0.4, 0.5) is 0 Å². The molecule has 5 nitrogen and oxygen atoms in total. The summed E-state index contributed by atoms with van der Waals surface area (Å²) in [5.41, 5.74) is 2.64. The minimum atomic E-state index is -3.37. The summed E-state index contributed by atoms with van der Waals surface area (Å²) in [4.78, 5) is 0. The van der Waals surface area contributed by atoms with E-state index < -0.39 is 10.0 Å². The van der Waals surface area contributed by atoms with Crippen molar-refractivity contribution in [2.24, 2.45) is 0 Å². The van der Waals surface area contributed by atoms with E-state index in [0.717, 1.165) is 28.2 Å². The van der Waals surface area contributed by atoms with Crippen LogP contribution in [0.3, 0.4) is 0 Å². The maximum Gasteiger partial charge on any atom is 0.215 e. The van der Waals surface area contributed by atoms with Crippen molar-refractivity contribution in [2.45, 2.75) is 19.1 Å². The lowest BCUT2D eigenvalue weighted by molar-refractivity contribution is 0.396. The summed E-state index contributed by atoms with van der Waals surface area (Å²) in [6, 6.07) is 12.9. The number of nitrogens with one attached hydrogen (secondary N) is 1. The molecule has 0 aliphatic heterocycles. The lowest BCUT2D eigenvalue weighted by atomic mass is 10.1. The molecule has 0 aliphatic rings. The number of aryl methyl sites for hydroxylation is 1. The molecule has 2 aromatic carbocycles. The molecular weight excluding hydrogens is 326 g/mol. The predicted molar refractivity (Wildman–Crippen MR) is 95.1 cm³/mol. The van der Waals surface area contributed by atoms with Gasteiger partial charge >= 0.3 is 0 Å². The highest BCUT2D eigenvalue weighted by molar-refractivity contribution is 7.88. The van der Waals surface area contributed by atoms with Crippen LogP contribution in [0.5, 0.6) is 11.5 Å². The Morgan fingerprint density at radius 2 is 1.67 bits per heavy atom. The second kappa shape index (κ2) is 8.17. The van der Waals surface area contributed by atoms with Crippen LogP contribution in [-0.2, 0) is 22.2 Å². The van der Waals surface area contributed by atoms with Crippen molar-refractivity contribution in [1.29, 1.82) is 0 Å². The highest BCUT2D eigenvalue weighted by Gasteiger charge is 2.13. The quantitative estimate of drug-likeness (QED) is 0.796. The predicted octanol–water partition coefficient (Wildman–Crippen LogP) is 2.67. The fourth-order valence-electron chi connectivity index (χ4n) is 2.49. The summed E-state index contributed by atoms with van der Waals surface area (Å²) in [6.45, 7) is 2.24. The molecule has 0 saturated carbocycles. The van der Waals surface area contributed by atoms with Crippen LogP contribution in [-0.4, -0.2) is 29.2 Å². The Labute approximate surface area is 143 Å². The molecule has 0 fully saturated rings. The van der Waals surface area contributed by atoms with Crippen LogP contribution in [0.2, 0.25) is 0 Å². The Bertz CT molecular complexity index is 773. The van der Waals surface area contributed by atoms with E-state index in [2.05, 4.69) is 4.72 Å². The Kier molecular flexibility index (Phi) is 6.23. The van der Waals surface area contributed by atoms with Crippen molar-refractivity contribution in [3.05, 3.63) is 59.2 Å². The number of hydrogen-bond acceptors (Lipinski definition) is 4. The van der Waals surface area contributed by atoms with E-state index in [4.69, 9.17) is 9.47 Å². The van der Waals surface area contributed by atoms with Crippen molar-refractivity contribution < 1.29 is 17.9 Å². The van der Waals surface area contributed by atoms with Gasteiger partial charge in [0.2, 0.25) is 10.0 Å². The fourth-order valence-corrected chi connectivity index (χ4v) is 3.64. The smallest absolute Gasteiger partial charge is 0.215 e. The molecule has 2 rings (SSSR count). The molecule has 0 radical (unpaired) electrons. The zero-order valence-corrected chi connectivity index (χ0v) is 15.0. The van der Waals surface area contributed by atoms with Gasteiger partial charge in [0.05, 0.1) is 20.0 Å². The second-order valence-corrected chi connectivity index (χ2v) is 7.33. The molecule has 0 bridgehead atoms. The topological polar surface area (TPSA) is 64.6 Å². The monoisotopic (exact) mass is 349 g/mol. The molecule has 6 heteroatoms. The first kappa shape index (κ1) is 18.3. The highest BCUT2D eigenvalue weighted by Crippen LogP contribution is 2.28. The van der Waals surface area contributed by atoms with Gasteiger partial charge in [0.1, 0.15) is 11.5 Å². The Balaban J connectivity index is 2.01. The van der Waals surface area contributed by atoms with Crippen LogP contribution < -0.4 is 14.2 Å². The highest BCUT2D eigenvalue weighted by atomic mass is 32.2. The zero-order chi connectivity index (χ0) is 17.6. The first-order valence-electron chi connectivity index (χ1n) is 7.68. The van der Waals surface area contributed by atoms with Crippen molar-refractivity contribution >= 4 is 10.0 Å². The van der Waals surface area contributed by atoms with E-state index in [1.807, 2.05) is 37.3 Å². The summed E-state index contributed by atoms with van der Waals surface area (Å²) >= 11 is 0. The number of benzene rings is 2. The summed E-state index contributed by atoms with van der Waals surface area (Å²) < 4.78 is 37.6. The van der Waals surface area contributed by atoms with E-state index in [1.54, 1.807) is 26.4 Å². The normalized spacial score (nSPS) is 11.3. The molecule has 0 unspecified atom stereocenters. The third-order valence-corrected chi connectivity index (χ3v) is 5.07. The zero-order valence-electron chi connectivity index (χ0n) is 14.2. The maximum atomic E-state index is 12.2. The third kappa shape index (κ3) is 4.97. The summed E-state index contributed by atoms with van der Waals surface area (Å²) in [5.74, 6) is 1.47. The Hall–Kier alpha value is -2.05. The van der Waals surface area contributed by atoms with Gasteiger partial charge in [-0.1, -0.05) is 30.3 Å². The Morgan fingerprint density at radius 3 is 2.29 bits per heavy atom. The number of sulfonamides is 1. The lowest BCUT2D eigenvalue weighted by Gasteiger charge is -2.13. The molecule has 0 saturated heterocycles. The minimum absolute atomic E-state index is 0.0256.